The monoisotopic (exact) mass is 539 g/mol. The number of piperazine rings is 1. The topological polar surface area (TPSA) is 141 Å². The summed E-state index contributed by atoms with van der Waals surface area (Å²) in [4.78, 5) is 33.3. The number of likely N-dealkylation sites (N-methyl/N-ethyl adjacent to an activating group) is 1. The van der Waals surface area contributed by atoms with Crippen LogP contribution in [-0.4, -0.2) is 91.2 Å². The second-order valence-electron chi connectivity index (χ2n) is 8.64. The second-order valence-corrected chi connectivity index (χ2v) is 10.6. The van der Waals surface area contributed by atoms with E-state index >= 15 is 0 Å². The van der Waals surface area contributed by atoms with E-state index in [9.17, 15) is 13.2 Å². The number of rotatable bonds is 8. The first-order chi connectivity index (χ1) is 18.4. The molecular weight excluding hydrogens is 510 g/mol. The van der Waals surface area contributed by atoms with Gasteiger partial charge in [-0.1, -0.05) is 6.92 Å². The van der Waals surface area contributed by atoms with Gasteiger partial charge in [0.05, 0.1) is 19.0 Å². The van der Waals surface area contributed by atoms with Gasteiger partial charge in [-0.2, -0.15) is 9.40 Å². The summed E-state index contributed by atoms with van der Waals surface area (Å²) in [7, 11) is -3.84. The summed E-state index contributed by atoms with van der Waals surface area (Å²) in [5.41, 5.74) is 0.869. The third-order valence-electron chi connectivity index (χ3n) is 6.52. The first kappa shape index (κ1) is 25.9. The zero-order valence-corrected chi connectivity index (χ0v) is 22.3. The molecule has 0 aliphatic carbocycles. The van der Waals surface area contributed by atoms with E-state index in [2.05, 4.69) is 36.9 Å². The molecule has 0 amide bonds. The van der Waals surface area contributed by atoms with Crippen LogP contribution in [0.2, 0.25) is 0 Å². The fourth-order valence-corrected chi connectivity index (χ4v) is 5.87. The van der Waals surface area contributed by atoms with Crippen molar-refractivity contribution in [3.05, 3.63) is 47.5 Å². The lowest BCUT2D eigenvalue weighted by atomic mass is 10.2. The van der Waals surface area contributed by atoms with Crippen LogP contribution in [0.1, 0.15) is 20.8 Å². The molecule has 38 heavy (non-hydrogen) atoms. The molecule has 0 saturated carbocycles. The summed E-state index contributed by atoms with van der Waals surface area (Å²) < 4.78 is 37.0. The smallest absolute Gasteiger partial charge is 0.269 e. The van der Waals surface area contributed by atoms with Gasteiger partial charge in [0.15, 0.2) is 5.65 Å². The largest absolute Gasteiger partial charge is 0.476 e. The molecule has 4 aromatic rings. The first-order valence-electron chi connectivity index (χ1n) is 12.5. The Balaban J connectivity index is 1.66. The molecule has 0 N–H and O–H groups in total. The number of aryl methyl sites for hydroxylation is 1. The van der Waals surface area contributed by atoms with Crippen molar-refractivity contribution in [1.29, 1.82) is 0 Å². The fourth-order valence-electron chi connectivity index (χ4n) is 4.48. The van der Waals surface area contributed by atoms with Crippen molar-refractivity contribution in [2.45, 2.75) is 32.2 Å². The van der Waals surface area contributed by atoms with Gasteiger partial charge in [-0.15, -0.1) is 0 Å². The van der Waals surface area contributed by atoms with Gasteiger partial charge in [0.2, 0.25) is 15.9 Å². The van der Waals surface area contributed by atoms with E-state index < -0.39 is 15.6 Å². The Morgan fingerprint density at radius 3 is 2.42 bits per heavy atom. The number of hydrogen-bond acceptors (Lipinski definition) is 10. The Bertz CT molecular complexity index is 1610. The number of fused-ring (bicyclic) bond motifs is 1. The minimum atomic E-state index is -3.84. The molecular formula is C24H29N9O4S. The zero-order chi connectivity index (χ0) is 26.9. The van der Waals surface area contributed by atoms with E-state index in [4.69, 9.17) is 4.74 Å². The van der Waals surface area contributed by atoms with Gasteiger partial charge < -0.3 is 9.64 Å². The van der Waals surface area contributed by atoms with Crippen molar-refractivity contribution in [2.24, 2.45) is 0 Å². The van der Waals surface area contributed by atoms with Gasteiger partial charge in [-0.05, 0) is 26.5 Å². The standard InChI is InChI=1S/C24H29N9O4S/c1-4-30-9-11-31(12-10-30)38(35,36)17-13-19(23(27-14-17)37-6-3)32-16-28-22-20(24(32)34)21(29-33(22)5-2)18-15-25-7-8-26-18/h7-8,13-16H,4-6,9-12H2,1-3H3. The highest BCUT2D eigenvalue weighted by Crippen LogP contribution is 2.27. The molecule has 200 valence electrons. The van der Waals surface area contributed by atoms with Crippen LogP contribution in [0.3, 0.4) is 0 Å². The van der Waals surface area contributed by atoms with E-state index in [-0.39, 0.29) is 28.5 Å². The number of ether oxygens (including phenoxy) is 1. The number of aromatic nitrogens is 7. The van der Waals surface area contributed by atoms with Crippen LogP contribution >= 0.6 is 0 Å². The highest BCUT2D eigenvalue weighted by atomic mass is 32.2. The van der Waals surface area contributed by atoms with Crippen molar-refractivity contribution >= 4 is 21.1 Å². The van der Waals surface area contributed by atoms with E-state index in [1.165, 1.54) is 46.1 Å². The maximum atomic E-state index is 13.9. The molecule has 1 aliphatic rings. The molecule has 1 aliphatic heterocycles. The van der Waals surface area contributed by atoms with Crippen LogP contribution < -0.4 is 10.3 Å². The van der Waals surface area contributed by atoms with Crippen molar-refractivity contribution in [3.63, 3.8) is 0 Å². The van der Waals surface area contributed by atoms with Gasteiger partial charge in [0.1, 0.15) is 33.7 Å². The van der Waals surface area contributed by atoms with E-state index in [0.717, 1.165) is 6.54 Å². The number of hydrogen-bond donors (Lipinski definition) is 0. The Morgan fingerprint density at radius 2 is 1.76 bits per heavy atom. The number of nitrogens with zero attached hydrogens (tertiary/aromatic N) is 9. The van der Waals surface area contributed by atoms with Crippen molar-refractivity contribution in [1.82, 2.24) is 43.5 Å². The predicted molar refractivity (Wildman–Crippen MR) is 140 cm³/mol. The lowest BCUT2D eigenvalue weighted by Crippen LogP contribution is -2.48. The Labute approximate surface area is 219 Å². The van der Waals surface area contributed by atoms with Gasteiger partial charge in [0.25, 0.3) is 5.56 Å². The maximum absolute atomic E-state index is 13.9. The van der Waals surface area contributed by atoms with E-state index in [1.54, 1.807) is 11.6 Å². The van der Waals surface area contributed by atoms with Crippen molar-refractivity contribution in [3.8, 4) is 23.0 Å². The summed E-state index contributed by atoms with van der Waals surface area (Å²) in [6, 6.07) is 1.42. The molecule has 0 unspecified atom stereocenters. The fraction of sp³-hybridized carbons (Fsp3) is 0.417. The van der Waals surface area contributed by atoms with Crippen LogP contribution in [0.4, 0.5) is 0 Å². The summed E-state index contributed by atoms with van der Waals surface area (Å²) in [5, 5.41) is 4.79. The third kappa shape index (κ3) is 4.54. The second kappa shape index (κ2) is 10.6. The molecule has 13 nitrogen and oxygen atoms in total. The van der Waals surface area contributed by atoms with E-state index in [0.29, 0.717) is 49.8 Å². The van der Waals surface area contributed by atoms with Gasteiger partial charge >= 0.3 is 0 Å². The number of sulfonamides is 1. The first-order valence-corrected chi connectivity index (χ1v) is 13.9. The van der Waals surface area contributed by atoms with Crippen LogP contribution in [0, 0.1) is 0 Å². The van der Waals surface area contributed by atoms with Crippen molar-refractivity contribution in [2.75, 3.05) is 39.3 Å². The molecule has 0 bridgehead atoms. The molecule has 0 aromatic carbocycles. The van der Waals surface area contributed by atoms with Crippen LogP contribution in [-0.2, 0) is 16.6 Å². The molecule has 5 heterocycles. The average molecular weight is 540 g/mol. The van der Waals surface area contributed by atoms with Gasteiger partial charge in [0, 0.05) is 45.1 Å². The predicted octanol–water partition coefficient (Wildman–Crippen LogP) is 1.18. The lowest BCUT2D eigenvalue weighted by molar-refractivity contribution is 0.196. The summed E-state index contributed by atoms with van der Waals surface area (Å²) >= 11 is 0. The summed E-state index contributed by atoms with van der Waals surface area (Å²) in [6.07, 6.45) is 7.19. The van der Waals surface area contributed by atoms with Gasteiger partial charge in [-0.3, -0.25) is 19.3 Å². The molecule has 1 saturated heterocycles. The molecule has 0 radical (unpaired) electrons. The minimum absolute atomic E-state index is 0.0219. The Hall–Kier alpha value is -3.75. The SMILES string of the molecule is CCOc1ncc(S(=O)(=O)N2CCN(CC)CC2)cc1-n1cnc2c(c(-c3cnccn3)nn2CC)c1=O. The van der Waals surface area contributed by atoms with Crippen molar-refractivity contribution < 1.29 is 13.2 Å². The van der Waals surface area contributed by atoms with E-state index in [1.807, 2.05) is 6.92 Å². The van der Waals surface area contributed by atoms with Crippen LogP contribution in [0.5, 0.6) is 5.88 Å². The average Bonchev–Trinajstić information content (AvgIpc) is 3.34. The van der Waals surface area contributed by atoms with Crippen LogP contribution in [0.25, 0.3) is 28.1 Å². The minimum Gasteiger partial charge on any atom is -0.476 e. The maximum Gasteiger partial charge on any atom is 0.269 e. The lowest BCUT2D eigenvalue weighted by Gasteiger charge is -2.33. The van der Waals surface area contributed by atoms with Gasteiger partial charge in [-0.25, -0.2) is 23.1 Å². The zero-order valence-electron chi connectivity index (χ0n) is 21.5. The quantitative estimate of drug-likeness (QED) is 0.320. The normalized spacial score (nSPS) is 15.2. The highest BCUT2D eigenvalue weighted by molar-refractivity contribution is 7.89. The highest BCUT2D eigenvalue weighted by Gasteiger charge is 2.30. The Morgan fingerprint density at radius 1 is 0.974 bits per heavy atom. The van der Waals surface area contributed by atoms with Crippen LogP contribution in [0.15, 0.2) is 46.9 Å². The summed E-state index contributed by atoms with van der Waals surface area (Å²) in [6.45, 7) is 9.41. The molecule has 1 fully saturated rings. The summed E-state index contributed by atoms with van der Waals surface area (Å²) in [5.74, 6) is 0.120. The number of pyridine rings is 1. The molecule has 0 atom stereocenters. The third-order valence-corrected chi connectivity index (χ3v) is 8.39. The molecule has 4 aromatic heterocycles. The Kier molecular flexibility index (Phi) is 7.19. The molecule has 0 spiro atoms. The molecule has 5 rings (SSSR count). The molecule has 14 heteroatoms.